The van der Waals surface area contributed by atoms with Gasteiger partial charge < -0.3 is 5.11 Å². The molecule has 0 heterocycles. The van der Waals surface area contributed by atoms with Gasteiger partial charge in [-0.3, -0.25) is 0 Å². The number of terminal acetylenes is 1. The van der Waals surface area contributed by atoms with E-state index >= 15 is 0 Å². The van der Waals surface area contributed by atoms with Crippen LogP contribution in [0.5, 0.6) is 0 Å². The second-order valence-corrected chi connectivity index (χ2v) is 3.07. The van der Waals surface area contributed by atoms with Gasteiger partial charge in [-0.05, 0) is 30.2 Å². The van der Waals surface area contributed by atoms with Crippen LogP contribution in [-0.4, -0.2) is 11.1 Å². The Labute approximate surface area is 83.6 Å². The normalized spacial score (nSPS) is 9.43. The van der Waals surface area contributed by atoms with Crippen molar-refractivity contribution in [3.05, 3.63) is 34.9 Å². The predicted molar refractivity (Wildman–Crippen MR) is 55.3 cm³/mol. The third-order valence-corrected chi connectivity index (χ3v) is 2.02. The van der Waals surface area contributed by atoms with Crippen LogP contribution in [-0.2, 0) is 6.42 Å². The summed E-state index contributed by atoms with van der Waals surface area (Å²) in [5.41, 5.74) is 1.90. The van der Waals surface area contributed by atoms with Crippen LogP contribution in [0.4, 0.5) is 0 Å². The molecule has 2 nitrogen and oxygen atoms in total. The number of carboxylic acid groups (broad SMARTS) is 1. The van der Waals surface area contributed by atoms with Crippen LogP contribution in [0.15, 0.2) is 18.2 Å². The summed E-state index contributed by atoms with van der Waals surface area (Å²) in [6, 6.07) is 5.00. The number of hydrogen-bond donors (Lipinski definition) is 1. The van der Waals surface area contributed by atoms with Crippen molar-refractivity contribution >= 4 is 5.97 Å². The zero-order valence-corrected chi connectivity index (χ0v) is 8.08. The Morgan fingerprint density at radius 3 is 2.79 bits per heavy atom. The first-order valence-electron chi connectivity index (χ1n) is 4.52. The monoisotopic (exact) mass is 188 g/mol. The van der Waals surface area contributed by atoms with E-state index < -0.39 is 5.97 Å². The molecule has 0 bridgehead atoms. The molecule has 1 N–H and O–H groups in total. The van der Waals surface area contributed by atoms with Crippen molar-refractivity contribution in [2.24, 2.45) is 0 Å². The van der Waals surface area contributed by atoms with Gasteiger partial charge in [0.2, 0.25) is 0 Å². The largest absolute Gasteiger partial charge is 0.478 e. The Balaban J connectivity index is 3.18. The predicted octanol–water partition coefficient (Wildman–Crippen LogP) is 2.32. The molecule has 14 heavy (non-hydrogen) atoms. The Kier molecular flexibility index (Phi) is 3.30. The highest BCUT2D eigenvalue weighted by atomic mass is 16.4. The number of aryl methyl sites for hydroxylation is 1. The number of carbonyl (C=O) groups is 1. The topological polar surface area (TPSA) is 37.3 Å². The standard InChI is InChI=1S/C12H12O2/c1-3-5-10-8-9(4-2)6-7-11(10)12(13)14/h2,6-8H,3,5H2,1H3,(H,13,14). The van der Waals surface area contributed by atoms with E-state index in [4.69, 9.17) is 11.5 Å². The second-order valence-electron chi connectivity index (χ2n) is 3.07. The summed E-state index contributed by atoms with van der Waals surface area (Å²) >= 11 is 0. The molecule has 0 amide bonds. The van der Waals surface area contributed by atoms with E-state index in [0.717, 1.165) is 24.0 Å². The molecule has 0 aliphatic carbocycles. The van der Waals surface area contributed by atoms with Crippen molar-refractivity contribution in [3.63, 3.8) is 0 Å². The smallest absolute Gasteiger partial charge is 0.335 e. The van der Waals surface area contributed by atoms with Crippen molar-refractivity contribution in [2.45, 2.75) is 19.8 Å². The number of aromatic carboxylic acids is 1. The number of benzene rings is 1. The summed E-state index contributed by atoms with van der Waals surface area (Å²) in [7, 11) is 0. The summed E-state index contributed by atoms with van der Waals surface area (Å²) in [5.74, 6) is 1.61. The van der Waals surface area contributed by atoms with E-state index in [9.17, 15) is 4.79 Å². The van der Waals surface area contributed by atoms with Crippen LogP contribution in [0.3, 0.4) is 0 Å². The average Bonchev–Trinajstić information content (AvgIpc) is 2.17. The molecule has 1 aromatic carbocycles. The van der Waals surface area contributed by atoms with Gasteiger partial charge in [0.1, 0.15) is 0 Å². The highest BCUT2D eigenvalue weighted by Crippen LogP contribution is 2.13. The van der Waals surface area contributed by atoms with E-state index in [1.54, 1.807) is 18.2 Å². The first-order chi connectivity index (χ1) is 6.69. The lowest BCUT2D eigenvalue weighted by Crippen LogP contribution is -2.02. The SMILES string of the molecule is C#Cc1ccc(C(=O)O)c(CCC)c1. The maximum absolute atomic E-state index is 10.8. The highest BCUT2D eigenvalue weighted by molar-refractivity contribution is 5.89. The lowest BCUT2D eigenvalue weighted by Gasteiger charge is -2.04. The lowest BCUT2D eigenvalue weighted by atomic mass is 10.0. The Morgan fingerprint density at radius 2 is 2.29 bits per heavy atom. The Bertz CT molecular complexity index is 386. The lowest BCUT2D eigenvalue weighted by molar-refractivity contribution is 0.0695. The van der Waals surface area contributed by atoms with Crippen LogP contribution < -0.4 is 0 Å². The van der Waals surface area contributed by atoms with Gasteiger partial charge in [0.15, 0.2) is 0 Å². The van der Waals surface area contributed by atoms with Gasteiger partial charge in [0.05, 0.1) is 5.56 Å². The molecule has 1 rings (SSSR count). The molecule has 0 saturated carbocycles. The van der Waals surface area contributed by atoms with Gasteiger partial charge in [-0.15, -0.1) is 6.42 Å². The van der Waals surface area contributed by atoms with Crippen molar-refractivity contribution in [1.29, 1.82) is 0 Å². The van der Waals surface area contributed by atoms with E-state index in [-0.39, 0.29) is 0 Å². The molecule has 2 heteroatoms. The molecule has 0 aromatic heterocycles. The number of rotatable bonds is 3. The van der Waals surface area contributed by atoms with Gasteiger partial charge in [-0.1, -0.05) is 19.3 Å². The zero-order valence-electron chi connectivity index (χ0n) is 8.08. The van der Waals surface area contributed by atoms with Crippen LogP contribution in [0.2, 0.25) is 0 Å². The maximum atomic E-state index is 10.8. The molecular weight excluding hydrogens is 176 g/mol. The first kappa shape index (κ1) is 10.3. The number of hydrogen-bond acceptors (Lipinski definition) is 1. The molecule has 0 saturated heterocycles. The van der Waals surface area contributed by atoms with Gasteiger partial charge >= 0.3 is 5.97 Å². The molecule has 1 aromatic rings. The third kappa shape index (κ3) is 2.14. The van der Waals surface area contributed by atoms with Crippen LogP contribution >= 0.6 is 0 Å². The molecule has 0 aliphatic rings. The van der Waals surface area contributed by atoms with Crippen LogP contribution in [0, 0.1) is 12.3 Å². The molecule has 0 spiro atoms. The van der Waals surface area contributed by atoms with E-state index in [1.807, 2.05) is 6.92 Å². The molecule has 0 unspecified atom stereocenters. The fourth-order valence-electron chi connectivity index (χ4n) is 1.37. The molecule has 0 radical (unpaired) electrons. The van der Waals surface area contributed by atoms with Crippen molar-refractivity contribution in [1.82, 2.24) is 0 Å². The van der Waals surface area contributed by atoms with Crippen molar-refractivity contribution in [3.8, 4) is 12.3 Å². The van der Waals surface area contributed by atoms with E-state index in [0.29, 0.717) is 5.56 Å². The molecule has 0 aliphatic heterocycles. The third-order valence-electron chi connectivity index (χ3n) is 2.02. The van der Waals surface area contributed by atoms with Gasteiger partial charge in [0, 0.05) is 5.56 Å². The summed E-state index contributed by atoms with van der Waals surface area (Å²) in [6.07, 6.45) is 6.90. The first-order valence-corrected chi connectivity index (χ1v) is 4.52. The average molecular weight is 188 g/mol. The Hall–Kier alpha value is -1.75. The minimum atomic E-state index is -0.892. The maximum Gasteiger partial charge on any atom is 0.335 e. The van der Waals surface area contributed by atoms with E-state index in [2.05, 4.69) is 5.92 Å². The van der Waals surface area contributed by atoms with E-state index in [1.165, 1.54) is 0 Å². The van der Waals surface area contributed by atoms with Crippen molar-refractivity contribution < 1.29 is 9.90 Å². The highest BCUT2D eigenvalue weighted by Gasteiger charge is 2.08. The number of carboxylic acids is 1. The van der Waals surface area contributed by atoms with Gasteiger partial charge in [-0.25, -0.2) is 4.79 Å². The van der Waals surface area contributed by atoms with Gasteiger partial charge in [-0.2, -0.15) is 0 Å². The summed E-state index contributed by atoms with van der Waals surface area (Å²) in [6.45, 7) is 2.01. The summed E-state index contributed by atoms with van der Waals surface area (Å²) < 4.78 is 0. The fraction of sp³-hybridized carbons (Fsp3) is 0.250. The fourth-order valence-corrected chi connectivity index (χ4v) is 1.37. The summed E-state index contributed by atoms with van der Waals surface area (Å²) in [4.78, 5) is 10.8. The molecule has 0 atom stereocenters. The second kappa shape index (κ2) is 4.48. The van der Waals surface area contributed by atoms with Gasteiger partial charge in [0.25, 0.3) is 0 Å². The van der Waals surface area contributed by atoms with Crippen LogP contribution in [0.1, 0.15) is 34.8 Å². The minimum absolute atomic E-state index is 0.353. The molecular formula is C12H12O2. The minimum Gasteiger partial charge on any atom is -0.478 e. The molecule has 72 valence electrons. The molecule has 0 fully saturated rings. The quantitative estimate of drug-likeness (QED) is 0.739. The van der Waals surface area contributed by atoms with Crippen LogP contribution in [0.25, 0.3) is 0 Å². The summed E-state index contributed by atoms with van der Waals surface area (Å²) in [5, 5.41) is 8.90. The Morgan fingerprint density at radius 1 is 1.57 bits per heavy atom. The van der Waals surface area contributed by atoms with Crippen molar-refractivity contribution in [2.75, 3.05) is 0 Å². The zero-order chi connectivity index (χ0) is 10.6.